The highest BCUT2D eigenvalue weighted by atomic mass is 16.5. The average Bonchev–Trinajstić information content (AvgIpc) is 3.47. The monoisotopic (exact) mass is 538 g/mol. The average molecular weight is 539 g/mol. The molecule has 0 bridgehead atoms. The number of ether oxygens (including phenoxy) is 3. The maximum atomic E-state index is 13.5. The summed E-state index contributed by atoms with van der Waals surface area (Å²) in [6, 6.07) is 10.4. The van der Waals surface area contributed by atoms with Crippen molar-refractivity contribution in [1.82, 2.24) is 14.5 Å². The predicted molar refractivity (Wildman–Crippen MR) is 147 cm³/mol. The summed E-state index contributed by atoms with van der Waals surface area (Å²) < 4.78 is 18.4. The minimum absolute atomic E-state index is 0.0199. The van der Waals surface area contributed by atoms with E-state index in [4.69, 9.17) is 14.2 Å². The Morgan fingerprint density at radius 1 is 1.05 bits per heavy atom. The second kappa shape index (κ2) is 12.6. The molecular formula is C28H34N4O7. The van der Waals surface area contributed by atoms with Crippen LogP contribution >= 0.6 is 0 Å². The molecule has 208 valence electrons. The number of hydrogen-bond acceptors (Lipinski definition) is 7. The summed E-state index contributed by atoms with van der Waals surface area (Å²) in [5.41, 5.74) is 0.587. The summed E-state index contributed by atoms with van der Waals surface area (Å²) >= 11 is 0. The lowest BCUT2D eigenvalue weighted by Gasteiger charge is -2.17. The highest BCUT2D eigenvalue weighted by molar-refractivity contribution is 5.92. The third-order valence-electron chi connectivity index (χ3n) is 6.76. The first-order valence-electron chi connectivity index (χ1n) is 13.0. The maximum Gasteiger partial charge on any atom is 0.331 e. The maximum absolute atomic E-state index is 13.5. The zero-order valence-corrected chi connectivity index (χ0v) is 22.5. The Bertz CT molecular complexity index is 1470. The van der Waals surface area contributed by atoms with Crippen molar-refractivity contribution >= 4 is 28.4 Å². The number of carbonyl (C=O) groups excluding carboxylic acids is 2. The summed E-state index contributed by atoms with van der Waals surface area (Å²) in [7, 11) is 2.88. The number of rotatable bonds is 11. The fraction of sp³-hybridized carbons (Fsp3) is 0.429. The van der Waals surface area contributed by atoms with Gasteiger partial charge in [-0.05, 0) is 43.0 Å². The Hall–Kier alpha value is -4.12. The zero-order valence-electron chi connectivity index (χ0n) is 22.5. The second-order valence-corrected chi connectivity index (χ2v) is 9.34. The molecule has 2 aromatic carbocycles. The van der Waals surface area contributed by atoms with Gasteiger partial charge in [-0.3, -0.25) is 23.5 Å². The minimum Gasteiger partial charge on any atom is -0.493 e. The minimum atomic E-state index is -0.705. The summed E-state index contributed by atoms with van der Waals surface area (Å²) in [5.74, 6) is -0.140. The van der Waals surface area contributed by atoms with Crippen LogP contribution < -0.4 is 31.4 Å². The molecule has 0 unspecified atom stereocenters. The molecule has 11 heteroatoms. The van der Waals surface area contributed by atoms with Gasteiger partial charge in [-0.15, -0.1) is 0 Å². The first-order valence-corrected chi connectivity index (χ1v) is 13.0. The van der Waals surface area contributed by atoms with Gasteiger partial charge in [-0.2, -0.15) is 0 Å². The van der Waals surface area contributed by atoms with E-state index in [9.17, 15) is 19.2 Å². The van der Waals surface area contributed by atoms with Crippen molar-refractivity contribution in [3.8, 4) is 11.5 Å². The van der Waals surface area contributed by atoms with Gasteiger partial charge >= 0.3 is 5.69 Å². The molecule has 0 saturated carbocycles. The number of amides is 2. The van der Waals surface area contributed by atoms with Crippen LogP contribution in [0, 0.1) is 0 Å². The second-order valence-electron chi connectivity index (χ2n) is 9.34. The van der Waals surface area contributed by atoms with Gasteiger partial charge in [0.25, 0.3) is 5.56 Å². The Morgan fingerprint density at radius 3 is 2.51 bits per heavy atom. The van der Waals surface area contributed by atoms with Crippen molar-refractivity contribution in [3.05, 3.63) is 62.8 Å². The Morgan fingerprint density at radius 2 is 1.82 bits per heavy atom. The zero-order chi connectivity index (χ0) is 27.9. The van der Waals surface area contributed by atoms with Gasteiger partial charge in [-0.1, -0.05) is 19.1 Å². The van der Waals surface area contributed by atoms with E-state index < -0.39 is 17.2 Å². The van der Waals surface area contributed by atoms with Crippen LogP contribution in [0.5, 0.6) is 11.5 Å². The molecule has 11 nitrogen and oxygen atoms in total. The van der Waals surface area contributed by atoms with Gasteiger partial charge in [0, 0.05) is 37.9 Å². The van der Waals surface area contributed by atoms with E-state index in [0.717, 1.165) is 29.4 Å². The van der Waals surface area contributed by atoms with E-state index in [1.165, 1.54) is 30.9 Å². The lowest BCUT2D eigenvalue weighted by Crippen LogP contribution is -2.43. The van der Waals surface area contributed by atoms with Crippen LogP contribution in [0.2, 0.25) is 0 Å². The SMILES string of the molecule is CCc1cccc(NC(=O)Cn2c(=O)n(CCC(=O)NC[C@H]3CCCO3)c(=O)c3cc(OC)c(OC)cc32)c1. The van der Waals surface area contributed by atoms with Crippen LogP contribution in [-0.2, 0) is 33.8 Å². The van der Waals surface area contributed by atoms with E-state index >= 15 is 0 Å². The number of aryl methyl sites for hydroxylation is 1. The molecule has 4 rings (SSSR count). The quantitative estimate of drug-likeness (QED) is 0.382. The van der Waals surface area contributed by atoms with Crippen LogP contribution in [0.4, 0.5) is 5.69 Å². The highest BCUT2D eigenvalue weighted by Crippen LogP contribution is 2.30. The van der Waals surface area contributed by atoms with Crippen molar-refractivity contribution in [3.63, 3.8) is 0 Å². The number of hydrogen-bond donors (Lipinski definition) is 2. The molecule has 1 atom stereocenters. The van der Waals surface area contributed by atoms with Crippen LogP contribution in [0.15, 0.2) is 46.0 Å². The number of benzene rings is 2. The largest absolute Gasteiger partial charge is 0.493 e. The van der Waals surface area contributed by atoms with Gasteiger partial charge in [0.1, 0.15) is 6.54 Å². The molecule has 1 fully saturated rings. The van der Waals surface area contributed by atoms with Crippen LogP contribution in [0.1, 0.15) is 31.7 Å². The molecule has 39 heavy (non-hydrogen) atoms. The first kappa shape index (κ1) is 27.9. The summed E-state index contributed by atoms with van der Waals surface area (Å²) in [4.78, 5) is 52.5. The molecule has 2 heterocycles. The first-order chi connectivity index (χ1) is 18.8. The van der Waals surface area contributed by atoms with Gasteiger partial charge in [-0.25, -0.2) is 4.79 Å². The molecule has 1 aliphatic rings. The fourth-order valence-electron chi connectivity index (χ4n) is 4.64. The van der Waals surface area contributed by atoms with Crippen LogP contribution in [0.3, 0.4) is 0 Å². The normalized spacial score (nSPS) is 14.8. The van der Waals surface area contributed by atoms with E-state index in [2.05, 4.69) is 10.6 Å². The molecule has 0 radical (unpaired) electrons. The summed E-state index contributed by atoms with van der Waals surface area (Å²) in [6.07, 6.45) is 2.54. The number of anilines is 1. The number of nitrogens with one attached hydrogen (secondary N) is 2. The van der Waals surface area contributed by atoms with Crippen molar-refractivity contribution in [2.45, 2.75) is 51.8 Å². The molecule has 2 amide bonds. The molecule has 1 saturated heterocycles. The highest BCUT2D eigenvalue weighted by Gasteiger charge is 2.20. The molecule has 0 aliphatic carbocycles. The van der Waals surface area contributed by atoms with Gasteiger partial charge in [0.05, 0.1) is 31.2 Å². The van der Waals surface area contributed by atoms with Crippen molar-refractivity contribution in [1.29, 1.82) is 0 Å². The molecule has 1 aliphatic heterocycles. The van der Waals surface area contributed by atoms with E-state index in [0.29, 0.717) is 30.3 Å². The topological polar surface area (TPSA) is 130 Å². The lowest BCUT2D eigenvalue weighted by atomic mass is 10.1. The smallest absolute Gasteiger partial charge is 0.331 e. The molecule has 0 spiro atoms. The molecule has 3 aromatic rings. The van der Waals surface area contributed by atoms with Crippen molar-refractivity contribution in [2.75, 3.05) is 32.7 Å². The predicted octanol–water partition coefficient (Wildman–Crippen LogP) is 2.07. The standard InChI is InChI=1S/C28H34N4O7/c1-4-18-7-5-8-19(13-18)30-26(34)17-32-22-15-24(38-3)23(37-2)14-21(22)27(35)31(28(32)36)11-10-25(33)29-16-20-9-6-12-39-20/h5,7-8,13-15,20H,4,6,9-12,16-17H2,1-3H3,(H,29,33)(H,30,34)/t20-/m1/s1. The Kier molecular flexibility index (Phi) is 9.03. The molecular weight excluding hydrogens is 504 g/mol. The van der Waals surface area contributed by atoms with Gasteiger partial charge in [0.2, 0.25) is 11.8 Å². The van der Waals surface area contributed by atoms with Crippen molar-refractivity contribution in [2.24, 2.45) is 0 Å². The number of methoxy groups -OCH3 is 2. The van der Waals surface area contributed by atoms with Gasteiger partial charge < -0.3 is 24.8 Å². The Labute approximate surface area is 225 Å². The fourth-order valence-corrected chi connectivity index (χ4v) is 4.64. The summed E-state index contributed by atoms with van der Waals surface area (Å²) in [6.45, 7) is 2.57. The number of aromatic nitrogens is 2. The van der Waals surface area contributed by atoms with Crippen LogP contribution in [0.25, 0.3) is 10.9 Å². The van der Waals surface area contributed by atoms with E-state index in [1.807, 2.05) is 25.1 Å². The van der Waals surface area contributed by atoms with Gasteiger partial charge in [0.15, 0.2) is 11.5 Å². The molecule has 1 aromatic heterocycles. The van der Waals surface area contributed by atoms with E-state index in [-0.39, 0.29) is 42.4 Å². The molecule has 2 N–H and O–H groups in total. The number of fused-ring (bicyclic) bond motifs is 1. The van der Waals surface area contributed by atoms with Crippen molar-refractivity contribution < 1.29 is 23.8 Å². The third-order valence-corrected chi connectivity index (χ3v) is 6.76. The van der Waals surface area contributed by atoms with Crippen LogP contribution in [-0.4, -0.2) is 54.4 Å². The third kappa shape index (κ3) is 6.48. The number of carbonyl (C=O) groups is 2. The number of nitrogens with zero attached hydrogens (tertiary/aromatic N) is 2. The summed E-state index contributed by atoms with van der Waals surface area (Å²) in [5, 5.41) is 5.78. The Balaban J connectivity index is 1.65. The lowest BCUT2D eigenvalue weighted by molar-refractivity contribution is -0.122. The van der Waals surface area contributed by atoms with E-state index in [1.54, 1.807) is 6.07 Å².